The Kier molecular flexibility index (Phi) is 4.03. The van der Waals surface area contributed by atoms with E-state index in [1.807, 2.05) is 62.4 Å². The molecule has 0 saturated carbocycles. The molecule has 1 aromatic carbocycles. The lowest BCUT2D eigenvalue weighted by Crippen LogP contribution is -2.15. The van der Waals surface area contributed by atoms with Gasteiger partial charge in [0.05, 0.1) is 5.25 Å². The first-order chi connectivity index (χ1) is 12.5. The lowest BCUT2D eigenvalue weighted by molar-refractivity contribution is 0.0995. The Morgan fingerprint density at radius 2 is 1.96 bits per heavy atom. The second-order valence-corrected chi connectivity index (χ2v) is 7.76. The van der Waals surface area contributed by atoms with Gasteiger partial charge in [-0.25, -0.2) is 4.98 Å². The first-order valence-electron chi connectivity index (χ1n) is 8.43. The van der Waals surface area contributed by atoms with Gasteiger partial charge in [-0.1, -0.05) is 30.0 Å². The molecule has 0 unspecified atom stereocenters. The number of aromatic amines is 1. The minimum absolute atomic E-state index is 0.0828. The van der Waals surface area contributed by atoms with Gasteiger partial charge in [-0.15, -0.1) is 10.2 Å². The van der Waals surface area contributed by atoms with Crippen LogP contribution in [0.5, 0.6) is 0 Å². The molecule has 0 saturated heterocycles. The maximum Gasteiger partial charge on any atom is 0.256 e. The van der Waals surface area contributed by atoms with Crippen LogP contribution in [0.1, 0.15) is 34.4 Å². The minimum Gasteiger partial charge on any atom is -0.358 e. The van der Waals surface area contributed by atoms with E-state index in [1.54, 1.807) is 0 Å². The highest BCUT2D eigenvalue weighted by atomic mass is 32.2. The third-order valence-electron chi connectivity index (χ3n) is 4.45. The summed E-state index contributed by atoms with van der Waals surface area (Å²) in [7, 11) is 0. The van der Waals surface area contributed by atoms with Gasteiger partial charge in [-0.3, -0.25) is 9.20 Å². The van der Waals surface area contributed by atoms with E-state index in [1.165, 1.54) is 11.8 Å². The van der Waals surface area contributed by atoms with Crippen LogP contribution in [0.4, 0.5) is 0 Å². The van der Waals surface area contributed by atoms with Crippen molar-refractivity contribution in [2.75, 3.05) is 0 Å². The third kappa shape index (κ3) is 2.68. The Morgan fingerprint density at radius 1 is 1.19 bits per heavy atom. The number of aromatic nitrogens is 5. The molecule has 4 aromatic rings. The van der Waals surface area contributed by atoms with E-state index in [0.29, 0.717) is 10.9 Å². The number of H-pyrrole nitrogens is 1. The van der Waals surface area contributed by atoms with E-state index in [-0.39, 0.29) is 11.0 Å². The van der Waals surface area contributed by atoms with Crippen molar-refractivity contribution >= 4 is 34.2 Å². The summed E-state index contributed by atoms with van der Waals surface area (Å²) in [5.41, 5.74) is 4.53. The number of Topliss-reactive ketones (excluding diaryl/α,β-unsaturated/α-hetero) is 1. The Bertz CT molecular complexity index is 1140. The van der Waals surface area contributed by atoms with Crippen LogP contribution in [0.2, 0.25) is 0 Å². The number of hydrogen-bond donors (Lipinski definition) is 1. The van der Waals surface area contributed by atoms with Gasteiger partial charge in [0, 0.05) is 33.5 Å². The number of carbonyl (C=O) groups is 1. The maximum atomic E-state index is 13.1. The summed E-state index contributed by atoms with van der Waals surface area (Å²) in [5.74, 6) is 0.646. The number of aryl methyl sites for hydroxylation is 3. The van der Waals surface area contributed by atoms with Gasteiger partial charge in [0.15, 0.2) is 10.9 Å². The smallest absolute Gasteiger partial charge is 0.256 e. The van der Waals surface area contributed by atoms with Crippen LogP contribution in [-0.2, 0) is 0 Å². The Hall–Kier alpha value is -2.67. The molecular formula is C19H19N5OS. The summed E-state index contributed by atoms with van der Waals surface area (Å²) in [6.45, 7) is 7.77. The van der Waals surface area contributed by atoms with Gasteiger partial charge >= 0.3 is 0 Å². The normalized spacial score (nSPS) is 12.8. The fourth-order valence-electron chi connectivity index (χ4n) is 3.29. The molecule has 26 heavy (non-hydrogen) atoms. The van der Waals surface area contributed by atoms with E-state index >= 15 is 0 Å². The molecule has 0 aliphatic rings. The van der Waals surface area contributed by atoms with Crippen LogP contribution >= 0.6 is 11.8 Å². The first kappa shape index (κ1) is 16.8. The largest absolute Gasteiger partial charge is 0.358 e. The van der Waals surface area contributed by atoms with Crippen molar-refractivity contribution in [3.05, 3.63) is 53.0 Å². The zero-order chi connectivity index (χ0) is 18.4. The molecule has 3 heterocycles. The lowest BCUT2D eigenvalue weighted by Gasteiger charge is -2.10. The molecule has 4 rings (SSSR count). The molecule has 1 N–H and O–H groups in total. The monoisotopic (exact) mass is 365 g/mol. The number of para-hydroxylation sites is 1. The number of nitrogens with zero attached hydrogens (tertiary/aromatic N) is 4. The van der Waals surface area contributed by atoms with E-state index in [2.05, 4.69) is 20.2 Å². The molecule has 1 atom stereocenters. The highest BCUT2D eigenvalue weighted by Gasteiger charge is 2.24. The van der Waals surface area contributed by atoms with E-state index in [9.17, 15) is 4.79 Å². The molecule has 0 fully saturated rings. The minimum atomic E-state index is -0.291. The topological polar surface area (TPSA) is 75.9 Å². The molecule has 0 bridgehead atoms. The molecular weight excluding hydrogens is 346 g/mol. The number of thioether (sulfide) groups is 1. The summed E-state index contributed by atoms with van der Waals surface area (Å²) < 4.78 is 1.89. The van der Waals surface area contributed by atoms with Gasteiger partial charge in [-0.05, 0) is 39.8 Å². The summed E-state index contributed by atoms with van der Waals surface area (Å²) >= 11 is 1.41. The second-order valence-electron chi connectivity index (χ2n) is 6.45. The molecule has 0 aliphatic heterocycles. The van der Waals surface area contributed by atoms with Crippen molar-refractivity contribution in [3.63, 3.8) is 0 Å². The Labute approximate surface area is 155 Å². The maximum absolute atomic E-state index is 13.1. The van der Waals surface area contributed by atoms with Crippen molar-refractivity contribution in [1.29, 1.82) is 0 Å². The van der Waals surface area contributed by atoms with Gasteiger partial charge in [0.1, 0.15) is 0 Å². The van der Waals surface area contributed by atoms with Gasteiger partial charge in [0.25, 0.3) is 5.78 Å². The summed E-state index contributed by atoms with van der Waals surface area (Å²) in [4.78, 5) is 20.8. The summed E-state index contributed by atoms with van der Waals surface area (Å²) in [5, 5.41) is 9.74. The van der Waals surface area contributed by atoms with Crippen molar-refractivity contribution in [2.24, 2.45) is 0 Å². The van der Waals surface area contributed by atoms with Crippen LogP contribution in [-0.4, -0.2) is 35.6 Å². The van der Waals surface area contributed by atoms with Crippen LogP contribution in [0.3, 0.4) is 0 Å². The quantitative estimate of drug-likeness (QED) is 0.438. The van der Waals surface area contributed by atoms with Crippen LogP contribution in [0.15, 0.2) is 35.5 Å². The van der Waals surface area contributed by atoms with Crippen molar-refractivity contribution in [1.82, 2.24) is 24.6 Å². The average Bonchev–Trinajstić information content (AvgIpc) is 3.14. The molecule has 0 spiro atoms. The van der Waals surface area contributed by atoms with Gasteiger partial charge < -0.3 is 4.98 Å². The number of carbonyl (C=O) groups excluding carboxylic acids is 1. The number of nitrogens with one attached hydrogen (secondary N) is 1. The molecule has 6 nitrogen and oxygen atoms in total. The predicted octanol–water partition coefficient (Wildman–Crippen LogP) is 3.89. The van der Waals surface area contributed by atoms with E-state index in [4.69, 9.17) is 0 Å². The molecule has 7 heteroatoms. The lowest BCUT2D eigenvalue weighted by atomic mass is 10.1. The van der Waals surface area contributed by atoms with Crippen molar-refractivity contribution in [2.45, 2.75) is 38.1 Å². The first-order valence-corrected chi connectivity index (χ1v) is 9.31. The Balaban J connectivity index is 1.69. The zero-order valence-electron chi connectivity index (χ0n) is 15.1. The van der Waals surface area contributed by atoms with Crippen LogP contribution in [0, 0.1) is 20.8 Å². The van der Waals surface area contributed by atoms with E-state index < -0.39 is 0 Å². The van der Waals surface area contributed by atoms with E-state index in [0.717, 1.165) is 33.5 Å². The van der Waals surface area contributed by atoms with Gasteiger partial charge in [-0.2, -0.15) is 0 Å². The number of fused-ring (bicyclic) bond motifs is 2. The standard InChI is InChI=1S/C19H19N5OS/c1-10-9-11(2)24-18(20-10)22-23-19(24)26-13(4)17(25)16-12(3)21-15-8-6-5-7-14(15)16/h5-9,13,21H,1-4H3/t13-/m1/s1. The molecule has 0 aliphatic carbocycles. The number of ketones is 1. The van der Waals surface area contributed by atoms with Gasteiger partial charge in [0.2, 0.25) is 0 Å². The Morgan fingerprint density at radius 3 is 2.77 bits per heavy atom. The SMILES string of the molecule is Cc1cc(C)n2c(S[C@H](C)C(=O)c3c(C)[nH]c4ccccc34)nnc2n1. The highest BCUT2D eigenvalue weighted by molar-refractivity contribution is 8.00. The number of hydrogen-bond acceptors (Lipinski definition) is 5. The molecule has 3 aromatic heterocycles. The molecule has 132 valence electrons. The summed E-state index contributed by atoms with van der Waals surface area (Å²) in [6.07, 6.45) is 0. The average molecular weight is 365 g/mol. The third-order valence-corrected chi connectivity index (χ3v) is 5.50. The van der Waals surface area contributed by atoms with Crippen molar-refractivity contribution < 1.29 is 4.79 Å². The molecule has 0 radical (unpaired) electrons. The predicted molar refractivity (Wildman–Crippen MR) is 103 cm³/mol. The molecule has 0 amide bonds. The summed E-state index contributed by atoms with van der Waals surface area (Å²) in [6, 6.07) is 9.86. The fourth-order valence-corrected chi connectivity index (χ4v) is 4.25. The second kappa shape index (κ2) is 6.25. The number of benzene rings is 1. The zero-order valence-corrected chi connectivity index (χ0v) is 15.9. The van der Waals surface area contributed by atoms with Crippen LogP contribution < -0.4 is 0 Å². The van der Waals surface area contributed by atoms with Crippen LogP contribution in [0.25, 0.3) is 16.7 Å². The highest BCUT2D eigenvalue weighted by Crippen LogP contribution is 2.29. The number of rotatable bonds is 4. The van der Waals surface area contributed by atoms with Crippen molar-refractivity contribution in [3.8, 4) is 0 Å². The fraction of sp³-hybridized carbons (Fsp3) is 0.263.